The van der Waals surface area contributed by atoms with Crippen LogP contribution in [0.5, 0.6) is 0 Å². The van der Waals surface area contributed by atoms with Crippen LogP contribution in [0.25, 0.3) is 0 Å². The monoisotopic (exact) mass is 212 g/mol. The maximum absolute atomic E-state index is 11.4. The topological polar surface area (TPSA) is 33.2 Å². The van der Waals surface area contributed by atoms with E-state index in [4.69, 9.17) is 11.6 Å². The standard InChI is InChI=1S/C10H13ClN2O/c1-8(11)10(14)13(2)7-9-3-5-12-6-4-9/h3-6,8H,7H2,1-2H3. The second kappa shape index (κ2) is 4.96. The predicted octanol–water partition coefficient (Wildman–Crippen LogP) is 1.67. The van der Waals surface area contributed by atoms with Crippen molar-refractivity contribution < 1.29 is 4.79 Å². The molecular formula is C10H13ClN2O. The molecule has 1 heterocycles. The lowest BCUT2D eigenvalue weighted by molar-refractivity contribution is -0.129. The van der Waals surface area contributed by atoms with Crippen LogP contribution in [-0.2, 0) is 11.3 Å². The van der Waals surface area contributed by atoms with E-state index in [0.29, 0.717) is 6.54 Å². The van der Waals surface area contributed by atoms with Gasteiger partial charge in [-0.3, -0.25) is 9.78 Å². The molecule has 4 heteroatoms. The zero-order valence-corrected chi connectivity index (χ0v) is 9.03. The lowest BCUT2D eigenvalue weighted by Crippen LogP contribution is -2.31. The Hall–Kier alpha value is -1.09. The van der Waals surface area contributed by atoms with Crippen LogP contribution in [0.15, 0.2) is 24.5 Å². The third-order valence-electron chi connectivity index (χ3n) is 1.89. The van der Waals surface area contributed by atoms with Gasteiger partial charge in [-0.15, -0.1) is 11.6 Å². The Morgan fingerprint density at radius 3 is 2.64 bits per heavy atom. The summed E-state index contributed by atoms with van der Waals surface area (Å²) in [7, 11) is 1.74. The van der Waals surface area contributed by atoms with E-state index in [0.717, 1.165) is 5.56 Å². The highest BCUT2D eigenvalue weighted by Gasteiger charge is 2.14. The summed E-state index contributed by atoms with van der Waals surface area (Å²) in [5, 5.41) is -0.471. The Balaban J connectivity index is 2.57. The Bertz CT molecular complexity index is 300. The van der Waals surface area contributed by atoms with Crippen LogP contribution >= 0.6 is 11.6 Å². The van der Waals surface area contributed by atoms with Gasteiger partial charge in [0.25, 0.3) is 0 Å². The van der Waals surface area contributed by atoms with Crippen molar-refractivity contribution in [3.05, 3.63) is 30.1 Å². The smallest absolute Gasteiger partial charge is 0.240 e. The summed E-state index contributed by atoms with van der Waals surface area (Å²) in [4.78, 5) is 16.9. The van der Waals surface area contributed by atoms with Gasteiger partial charge in [-0.25, -0.2) is 0 Å². The molecule has 0 aliphatic heterocycles. The summed E-state index contributed by atoms with van der Waals surface area (Å²) in [5.41, 5.74) is 1.05. The van der Waals surface area contributed by atoms with Gasteiger partial charge in [-0.05, 0) is 24.6 Å². The van der Waals surface area contributed by atoms with Gasteiger partial charge >= 0.3 is 0 Å². The van der Waals surface area contributed by atoms with Crippen molar-refractivity contribution in [3.8, 4) is 0 Å². The normalized spacial score (nSPS) is 12.2. The number of amides is 1. The fraction of sp³-hybridized carbons (Fsp3) is 0.400. The molecule has 0 N–H and O–H groups in total. The lowest BCUT2D eigenvalue weighted by atomic mass is 10.2. The molecule has 3 nitrogen and oxygen atoms in total. The van der Waals surface area contributed by atoms with E-state index in [1.165, 1.54) is 0 Å². The minimum absolute atomic E-state index is 0.0662. The summed E-state index contributed by atoms with van der Waals surface area (Å²) in [6.45, 7) is 2.24. The lowest BCUT2D eigenvalue weighted by Gasteiger charge is -2.18. The quantitative estimate of drug-likeness (QED) is 0.715. The van der Waals surface area contributed by atoms with Crippen molar-refractivity contribution in [2.75, 3.05) is 7.05 Å². The molecule has 0 aliphatic carbocycles. The van der Waals surface area contributed by atoms with Gasteiger partial charge in [-0.2, -0.15) is 0 Å². The number of hydrogen-bond acceptors (Lipinski definition) is 2. The number of pyridine rings is 1. The van der Waals surface area contributed by atoms with Crippen LogP contribution in [0.2, 0.25) is 0 Å². The molecule has 0 radical (unpaired) electrons. The second-order valence-electron chi connectivity index (χ2n) is 3.17. The van der Waals surface area contributed by atoms with E-state index in [2.05, 4.69) is 4.98 Å². The second-order valence-corrected chi connectivity index (χ2v) is 3.82. The Morgan fingerprint density at radius 2 is 2.14 bits per heavy atom. The molecule has 0 spiro atoms. The van der Waals surface area contributed by atoms with Crippen molar-refractivity contribution >= 4 is 17.5 Å². The summed E-state index contributed by atoms with van der Waals surface area (Å²) in [6, 6.07) is 3.76. The van der Waals surface area contributed by atoms with Crippen LogP contribution in [-0.4, -0.2) is 28.2 Å². The average molecular weight is 213 g/mol. The van der Waals surface area contributed by atoms with Crippen LogP contribution in [0.1, 0.15) is 12.5 Å². The highest BCUT2D eigenvalue weighted by molar-refractivity contribution is 6.30. The summed E-state index contributed by atoms with van der Waals surface area (Å²) in [5.74, 6) is -0.0662. The average Bonchev–Trinajstić information content (AvgIpc) is 2.18. The minimum Gasteiger partial charge on any atom is -0.340 e. The number of halogens is 1. The maximum Gasteiger partial charge on any atom is 0.240 e. The van der Waals surface area contributed by atoms with E-state index in [1.807, 2.05) is 12.1 Å². The number of rotatable bonds is 3. The first-order valence-corrected chi connectivity index (χ1v) is 4.83. The van der Waals surface area contributed by atoms with Crippen LogP contribution in [0.4, 0.5) is 0 Å². The molecule has 1 aromatic heterocycles. The molecule has 76 valence electrons. The molecular weight excluding hydrogens is 200 g/mol. The van der Waals surface area contributed by atoms with Gasteiger partial charge in [0.2, 0.25) is 5.91 Å². The third kappa shape index (κ3) is 3.00. The first-order valence-electron chi connectivity index (χ1n) is 4.39. The minimum atomic E-state index is -0.471. The van der Waals surface area contributed by atoms with Crippen LogP contribution in [0.3, 0.4) is 0 Å². The van der Waals surface area contributed by atoms with Crippen molar-refractivity contribution in [1.82, 2.24) is 9.88 Å². The van der Waals surface area contributed by atoms with Gasteiger partial charge < -0.3 is 4.90 Å². The van der Waals surface area contributed by atoms with Crippen LogP contribution < -0.4 is 0 Å². The fourth-order valence-electron chi connectivity index (χ4n) is 1.14. The van der Waals surface area contributed by atoms with E-state index in [1.54, 1.807) is 31.3 Å². The van der Waals surface area contributed by atoms with Crippen molar-refractivity contribution in [1.29, 1.82) is 0 Å². The van der Waals surface area contributed by atoms with Crippen molar-refractivity contribution in [2.24, 2.45) is 0 Å². The van der Waals surface area contributed by atoms with Gasteiger partial charge in [0.15, 0.2) is 0 Å². The van der Waals surface area contributed by atoms with Crippen molar-refractivity contribution in [3.63, 3.8) is 0 Å². The molecule has 0 saturated carbocycles. The summed E-state index contributed by atoms with van der Waals surface area (Å²) >= 11 is 5.69. The van der Waals surface area contributed by atoms with Gasteiger partial charge in [0.05, 0.1) is 0 Å². The molecule has 0 aromatic carbocycles. The summed E-state index contributed by atoms with van der Waals surface area (Å²) < 4.78 is 0. The Kier molecular flexibility index (Phi) is 3.89. The molecule has 14 heavy (non-hydrogen) atoms. The SMILES string of the molecule is CC(Cl)C(=O)N(C)Cc1ccncc1. The third-order valence-corrected chi connectivity index (χ3v) is 2.07. The van der Waals surface area contributed by atoms with E-state index < -0.39 is 5.38 Å². The largest absolute Gasteiger partial charge is 0.340 e. The molecule has 1 amide bonds. The van der Waals surface area contributed by atoms with Gasteiger partial charge in [0, 0.05) is 26.0 Å². The highest BCUT2D eigenvalue weighted by atomic mass is 35.5. The first-order chi connectivity index (χ1) is 6.61. The number of carbonyl (C=O) groups is 1. The first kappa shape index (κ1) is 11.0. The predicted molar refractivity (Wildman–Crippen MR) is 56.0 cm³/mol. The number of hydrogen-bond donors (Lipinski definition) is 0. The number of alkyl halides is 1. The van der Waals surface area contributed by atoms with Crippen LogP contribution in [0, 0.1) is 0 Å². The molecule has 1 unspecified atom stereocenters. The molecule has 1 atom stereocenters. The molecule has 0 saturated heterocycles. The number of aromatic nitrogens is 1. The zero-order valence-electron chi connectivity index (χ0n) is 8.27. The molecule has 1 aromatic rings. The van der Waals surface area contributed by atoms with E-state index in [-0.39, 0.29) is 5.91 Å². The Morgan fingerprint density at radius 1 is 1.57 bits per heavy atom. The zero-order chi connectivity index (χ0) is 10.6. The molecule has 0 bridgehead atoms. The fourth-order valence-corrected chi connectivity index (χ4v) is 1.31. The summed E-state index contributed by atoms with van der Waals surface area (Å²) in [6.07, 6.45) is 3.41. The maximum atomic E-state index is 11.4. The molecule has 1 rings (SSSR count). The molecule has 0 aliphatic rings. The number of nitrogens with zero attached hydrogens (tertiary/aromatic N) is 2. The highest BCUT2D eigenvalue weighted by Crippen LogP contribution is 2.05. The van der Waals surface area contributed by atoms with Gasteiger partial charge in [-0.1, -0.05) is 0 Å². The Labute approximate surface area is 88.7 Å². The van der Waals surface area contributed by atoms with E-state index >= 15 is 0 Å². The van der Waals surface area contributed by atoms with E-state index in [9.17, 15) is 4.79 Å². The molecule has 0 fully saturated rings. The van der Waals surface area contributed by atoms with Gasteiger partial charge in [0.1, 0.15) is 5.38 Å². The van der Waals surface area contributed by atoms with Crippen molar-refractivity contribution in [2.45, 2.75) is 18.8 Å². The number of carbonyl (C=O) groups excluding carboxylic acids is 1.